The number of benzene rings is 2. The number of carboxylic acid groups (broad SMARTS) is 1. The maximum absolute atomic E-state index is 12.2. The lowest BCUT2D eigenvalue weighted by Crippen LogP contribution is -2.29. The summed E-state index contributed by atoms with van der Waals surface area (Å²) >= 11 is 0. The Labute approximate surface area is 189 Å². The van der Waals surface area contributed by atoms with Crippen molar-refractivity contribution in [3.8, 4) is 5.75 Å². The molecular weight excluding hydrogens is 400 g/mol. The van der Waals surface area contributed by atoms with E-state index in [2.05, 4.69) is 43.2 Å². The number of aromatic carboxylic acids is 1. The lowest BCUT2D eigenvalue weighted by molar-refractivity contribution is 0.0694. The van der Waals surface area contributed by atoms with E-state index in [1.54, 1.807) is 6.07 Å². The van der Waals surface area contributed by atoms with Gasteiger partial charge in [-0.15, -0.1) is 0 Å². The smallest absolute Gasteiger partial charge is 0.335 e. The Morgan fingerprint density at radius 1 is 1.12 bits per heavy atom. The molecule has 2 unspecified atom stereocenters. The summed E-state index contributed by atoms with van der Waals surface area (Å²) in [5.74, 6) is 0.406. The van der Waals surface area contributed by atoms with Crippen LogP contribution in [0.25, 0.3) is 0 Å². The second kappa shape index (κ2) is 8.65. The predicted octanol–water partition coefficient (Wildman–Crippen LogP) is 5.88. The van der Waals surface area contributed by atoms with E-state index < -0.39 is 5.97 Å². The zero-order valence-electron chi connectivity index (χ0n) is 19.3. The monoisotopic (exact) mass is 430 g/mol. The molecule has 0 bridgehead atoms. The number of nitrogens with zero attached hydrogens (tertiary/aromatic N) is 1. The molecule has 5 heteroatoms. The molecule has 2 aromatic carbocycles. The maximum Gasteiger partial charge on any atom is 0.335 e. The molecule has 0 spiro atoms. The molecule has 1 aliphatic heterocycles. The summed E-state index contributed by atoms with van der Waals surface area (Å²) in [6, 6.07) is 9.89. The summed E-state index contributed by atoms with van der Waals surface area (Å²) < 4.78 is 6.43. The van der Waals surface area contributed by atoms with Gasteiger partial charge in [0.2, 0.25) is 0 Å². The summed E-state index contributed by atoms with van der Waals surface area (Å²) in [6.07, 6.45) is 4.19. The van der Waals surface area contributed by atoms with Gasteiger partial charge in [-0.2, -0.15) is 0 Å². The van der Waals surface area contributed by atoms with Gasteiger partial charge >= 0.3 is 5.97 Å². The second-order valence-electron chi connectivity index (χ2n) is 8.49. The van der Waals surface area contributed by atoms with Crippen molar-refractivity contribution in [1.82, 2.24) is 0 Å². The van der Waals surface area contributed by atoms with Crippen LogP contribution in [0.4, 0.5) is 5.69 Å². The van der Waals surface area contributed by atoms with Gasteiger partial charge in [-0.05, 0) is 63.5 Å². The molecule has 0 amide bonds. The van der Waals surface area contributed by atoms with Crippen LogP contribution in [0.15, 0.2) is 58.8 Å². The van der Waals surface area contributed by atoms with Crippen molar-refractivity contribution in [3.63, 3.8) is 0 Å². The number of rotatable bonds is 5. The van der Waals surface area contributed by atoms with Gasteiger partial charge in [0.25, 0.3) is 0 Å². The van der Waals surface area contributed by atoms with Crippen LogP contribution < -0.4 is 10.1 Å². The summed E-state index contributed by atoms with van der Waals surface area (Å²) in [7, 11) is 0. The first-order valence-electron chi connectivity index (χ1n) is 11.2. The highest BCUT2D eigenvalue weighted by molar-refractivity contribution is 6.09. The van der Waals surface area contributed by atoms with E-state index in [1.165, 1.54) is 0 Å². The number of nitrogens with one attached hydrogen (secondary N) is 1. The van der Waals surface area contributed by atoms with Crippen LogP contribution in [0.1, 0.15) is 59.3 Å². The zero-order valence-corrected chi connectivity index (χ0v) is 19.3. The Bertz CT molecular complexity index is 1170. The van der Waals surface area contributed by atoms with Gasteiger partial charge in [-0.25, -0.2) is 4.79 Å². The van der Waals surface area contributed by atoms with Gasteiger partial charge in [0.05, 0.1) is 11.3 Å². The molecule has 2 aromatic rings. The molecule has 5 nitrogen and oxygen atoms in total. The Morgan fingerprint density at radius 3 is 2.59 bits per heavy atom. The number of aryl methyl sites for hydroxylation is 2. The maximum atomic E-state index is 12.2. The summed E-state index contributed by atoms with van der Waals surface area (Å²) in [6.45, 7) is 11.6. The van der Waals surface area contributed by atoms with Crippen molar-refractivity contribution in [2.45, 2.75) is 40.5 Å². The molecule has 0 saturated carbocycles. The highest BCUT2D eigenvalue weighted by Crippen LogP contribution is 2.50. The first-order chi connectivity index (χ1) is 15.3. The van der Waals surface area contributed by atoms with E-state index in [9.17, 15) is 9.90 Å². The van der Waals surface area contributed by atoms with Gasteiger partial charge in [0, 0.05) is 48.3 Å². The fourth-order valence-corrected chi connectivity index (χ4v) is 4.71. The van der Waals surface area contributed by atoms with Crippen LogP contribution >= 0.6 is 0 Å². The van der Waals surface area contributed by atoms with E-state index in [1.807, 2.05) is 38.1 Å². The Balaban J connectivity index is 1.98. The number of aliphatic imine (C=N–C) groups is 1. The molecule has 0 aromatic heterocycles. The molecule has 166 valence electrons. The lowest BCUT2D eigenvalue weighted by atomic mass is 9.73. The number of fused-ring (bicyclic) bond motifs is 2. The van der Waals surface area contributed by atoms with Crippen LogP contribution in [0.2, 0.25) is 0 Å². The Hall–Kier alpha value is -3.34. The van der Waals surface area contributed by atoms with Gasteiger partial charge < -0.3 is 15.2 Å². The molecule has 2 atom stereocenters. The number of carboxylic acids is 1. The average molecular weight is 431 g/mol. The van der Waals surface area contributed by atoms with Crippen LogP contribution in [0.3, 0.4) is 0 Å². The van der Waals surface area contributed by atoms with Gasteiger partial charge in [-0.3, -0.25) is 4.99 Å². The summed E-state index contributed by atoms with van der Waals surface area (Å²) in [5, 5.41) is 13.4. The fraction of sp³-hybridized carbons (Fsp3) is 0.333. The number of hydrogen-bond acceptors (Lipinski definition) is 4. The van der Waals surface area contributed by atoms with Crippen molar-refractivity contribution >= 4 is 17.4 Å². The molecule has 0 radical (unpaired) electrons. The number of allylic oxidation sites excluding steroid dienone is 3. The third kappa shape index (κ3) is 3.83. The van der Waals surface area contributed by atoms with Gasteiger partial charge in [0.1, 0.15) is 11.5 Å². The van der Waals surface area contributed by atoms with Crippen molar-refractivity contribution in [2.24, 2.45) is 10.9 Å². The Kier molecular flexibility index (Phi) is 5.92. The first kappa shape index (κ1) is 21.9. The third-order valence-corrected chi connectivity index (χ3v) is 6.19. The van der Waals surface area contributed by atoms with E-state index in [-0.39, 0.29) is 11.8 Å². The predicted molar refractivity (Wildman–Crippen MR) is 129 cm³/mol. The molecule has 0 saturated heterocycles. The topological polar surface area (TPSA) is 70.9 Å². The lowest BCUT2D eigenvalue weighted by Gasteiger charge is -2.37. The normalized spacial score (nSPS) is 20.6. The van der Waals surface area contributed by atoms with Gasteiger partial charge in [-0.1, -0.05) is 23.8 Å². The van der Waals surface area contributed by atoms with E-state index in [0.29, 0.717) is 12.1 Å². The van der Waals surface area contributed by atoms with Gasteiger partial charge in [0.15, 0.2) is 0 Å². The molecule has 2 aliphatic rings. The molecule has 0 fully saturated rings. The van der Waals surface area contributed by atoms with Crippen molar-refractivity contribution in [2.75, 3.05) is 18.4 Å². The number of anilines is 1. The fourth-order valence-electron chi connectivity index (χ4n) is 4.71. The van der Waals surface area contributed by atoms with Crippen LogP contribution in [-0.4, -0.2) is 29.9 Å². The minimum Gasteiger partial charge on any atom is -0.478 e. The number of hydrogen-bond donors (Lipinski definition) is 2. The molecular formula is C27H30N2O3. The van der Waals surface area contributed by atoms with Crippen LogP contribution in [0, 0.1) is 19.8 Å². The standard InChI is InChI=1S/C27H30N2O3/c1-6-28-22-13-24-20(11-16(22)4)26(18-9-8-15(3)10-19(18)27(30)31)21-12-17(5)23(29-7-2)14-25(21)32-24/h8-14,20,26,29H,6-7H2,1-5H3,(H,30,31). The largest absolute Gasteiger partial charge is 0.478 e. The minimum absolute atomic E-state index is 0.0940. The van der Waals surface area contributed by atoms with Crippen LogP contribution in [-0.2, 0) is 0 Å². The molecule has 1 heterocycles. The molecule has 1 aliphatic carbocycles. The first-order valence-corrected chi connectivity index (χ1v) is 11.2. The second-order valence-corrected chi connectivity index (χ2v) is 8.49. The van der Waals surface area contributed by atoms with E-state index in [4.69, 9.17) is 4.74 Å². The Morgan fingerprint density at radius 2 is 1.91 bits per heavy atom. The number of carbonyl (C=O) groups is 1. The van der Waals surface area contributed by atoms with E-state index in [0.717, 1.165) is 57.3 Å². The van der Waals surface area contributed by atoms with Crippen molar-refractivity contribution in [3.05, 3.63) is 81.6 Å². The van der Waals surface area contributed by atoms with Crippen molar-refractivity contribution in [1.29, 1.82) is 0 Å². The van der Waals surface area contributed by atoms with E-state index >= 15 is 0 Å². The average Bonchev–Trinajstić information content (AvgIpc) is 2.74. The minimum atomic E-state index is -0.909. The molecule has 32 heavy (non-hydrogen) atoms. The highest BCUT2D eigenvalue weighted by atomic mass is 16.5. The zero-order chi connectivity index (χ0) is 23.0. The summed E-state index contributed by atoms with van der Waals surface area (Å²) in [5.41, 5.74) is 7.23. The molecule has 2 N–H and O–H groups in total. The van der Waals surface area contributed by atoms with Crippen LogP contribution in [0.5, 0.6) is 5.75 Å². The SMILES string of the molecule is CCN=C1C=C2Oc3cc(NCC)c(C)cc3C(c3ccc(C)cc3C(=O)O)C2C=C1C. The molecule has 4 rings (SSSR count). The quantitative estimate of drug-likeness (QED) is 0.621. The summed E-state index contributed by atoms with van der Waals surface area (Å²) in [4.78, 5) is 16.8. The highest BCUT2D eigenvalue weighted by Gasteiger charge is 2.39. The van der Waals surface area contributed by atoms with Crippen molar-refractivity contribution < 1.29 is 14.6 Å². The third-order valence-electron chi connectivity index (χ3n) is 6.19. The number of ether oxygens (including phenoxy) is 1.